The molecule has 1 heterocycles. The standard InChI is InChI=1S/C18H23N3O4S2/c1-12-7-8-14(27(24,25)21(3)4)10-15(12)20-18(23)11-16(19-13(2)22)17-6-5-9-26-17/h5-10,16H,11H2,1-4H3,(H,19,22)(H,20,23). The Labute approximate surface area is 163 Å². The van der Waals surface area contributed by atoms with Gasteiger partial charge in [0.25, 0.3) is 0 Å². The van der Waals surface area contributed by atoms with E-state index in [2.05, 4.69) is 10.6 Å². The molecule has 2 rings (SSSR count). The molecule has 1 unspecified atom stereocenters. The number of rotatable bonds is 7. The normalized spacial score (nSPS) is 12.6. The first kappa shape index (κ1) is 21.1. The fraction of sp³-hybridized carbons (Fsp3) is 0.333. The molecule has 7 nitrogen and oxygen atoms in total. The molecule has 0 radical (unpaired) electrons. The summed E-state index contributed by atoms with van der Waals surface area (Å²) in [5, 5.41) is 7.41. The molecule has 0 spiro atoms. The smallest absolute Gasteiger partial charge is 0.242 e. The zero-order valence-corrected chi connectivity index (χ0v) is 17.3. The van der Waals surface area contributed by atoms with E-state index in [1.807, 2.05) is 17.5 Å². The second kappa shape index (κ2) is 8.64. The largest absolute Gasteiger partial charge is 0.348 e. The van der Waals surface area contributed by atoms with Crippen molar-refractivity contribution in [2.24, 2.45) is 0 Å². The van der Waals surface area contributed by atoms with Gasteiger partial charge in [-0.15, -0.1) is 11.3 Å². The number of carbonyl (C=O) groups is 2. The minimum Gasteiger partial charge on any atom is -0.348 e. The van der Waals surface area contributed by atoms with Crippen molar-refractivity contribution in [1.29, 1.82) is 0 Å². The fourth-order valence-electron chi connectivity index (χ4n) is 2.45. The highest BCUT2D eigenvalue weighted by atomic mass is 32.2. The first-order valence-corrected chi connectivity index (χ1v) is 10.6. The highest BCUT2D eigenvalue weighted by Gasteiger charge is 2.21. The third kappa shape index (κ3) is 5.38. The second-order valence-electron chi connectivity index (χ2n) is 6.28. The summed E-state index contributed by atoms with van der Waals surface area (Å²) in [6.45, 7) is 3.19. The minimum absolute atomic E-state index is 0.0458. The fourth-order valence-corrected chi connectivity index (χ4v) is 4.16. The summed E-state index contributed by atoms with van der Waals surface area (Å²) in [5.41, 5.74) is 1.17. The molecule has 2 N–H and O–H groups in total. The van der Waals surface area contributed by atoms with Crippen LogP contribution in [-0.4, -0.2) is 38.6 Å². The van der Waals surface area contributed by atoms with Crippen molar-refractivity contribution in [1.82, 2.24) is 9.62 Å². The van der Waals surface area contributed by atoms with Crippen molar-refractivity contribution >= 4 is 38.9 Å². The van der Waals surface area contributed by atoms with Crippen molar-refractivity contribution in [3.8, 4) is 0 Å². The van der Waals surface area contributed by atoms with Gasteiger partial charge in [-0.1, -0.05) is 12.1 Å². The molecule has 0 saturated carbocycles. The first-order valence-electron chi connectivity index (χ1n) is 8.25. The molecule has 9 heteroatoms. The van der Waals surface area contributed by atoms with E-state index in [4.69, 9.17) is 0 Å². The number of hydrogen-bond acceptors (Lipinski definition) is 5. The number of nitrogens with zero attached hydrogens (tertiary/aromatic N) is 1. The van der Waals surface area contributed by atoms with Crippen LogP contribution in [0.2, 0.25) is 0 Å². The maximum atomic E-state index is 12.5. The van der Waals surface area contributed by atoms with E-state index in [9.17, 15) is 18.0 Å². The highest BCUT2D eigenvalue weighted by molar-refractivity contribution is 7.89. The van der Waals surface area contributed by atoms with Crippen LogP contribution < -0.4 is 10.6 Å². The van der Waals surface area contributed by atoms with Crippen LogP contribution in [0.1, 0.15) is 29.8 Å². The molecule has 0 bridgehead atoms. The van der Waals surface area contributed by atoms with E-state index >= 15 is 0 Å². The maximum absolute atomic E-state index is 12.5. The topological polar surface area (TPSA) is 95.6 Å². The lowest BCUT2D eigenvalue weighted by Crippen LogP contribution is -2.29. The van der Waals surface area contributed by atoms with Crippen molar-refractivity contribution in [2.45, 2.75) is 31.2 Å². The number of sulfonamides is 1. The van der Waals surface area contributed by atoms with Crippen LogP contribution in [0.15, 0.2) is 40.6 Å². The van der Waals surface area contributed by atoms with E-state index in [0.717, 1.165) is 14.7 Å². The molecule has 0 fully saturated rings. The highest BCUT2D eigenvalue weighted by Crippen LogP contribution is 2.25. The zero-order chi connectivity index (χ0) is 20.2. The predicted octanol–water partition coefficient (Wildman–Crippen LogP) is 2.51. The third-order valence-corrected chi connectivity index (χ3v) is 6.71. The second-order valence-corrected chi connectivity index (χ2v) is 9.42. The van der Waals surface area contributed by atoms with Crippen molar-refractivity contribution in [2.75, 3.05) is 19.4 Å². The van der Waals surface area contributed by atoms with E-state index in [-0.39, 0.29) is 23.1 Å². The molecule has 27 heavy (non-hydrogen) atoms. The van der Waals surface area contributed by atoms with Crippen LogP contribution in [0.3, 0.4) is 0 Å². The summed E-state index contributed by atoms with van der Waals surface area (Å²) < 4.78 is 25.7. The summed E-state index contributed by atoms with van der Waals surface area (Å²) in [7, 11) is -0.698. The summed E-state index contributed by atoms with van der Waals surface area (Å²) in [4.78, 5) is 25.0. The monoisotopic (exact) mass is 409 g/mol. The van der Waals surface area contributed by atoms with Crippen molar-refractivity contribution < 1.29 is 18.0 Å². The Balaban J connectivity index is 2.20. The first-order chi connectivity index (χ1) is 12.6. The molecule has 1 aromatic carbocycles. The summed E-state index contributed by atoms with van der Waals surface area (Å²) in [6.07, 6.45) is 0.0458. The van der Waals surface area contributed by atoms with E-state index in [1.54, 1.807) is 13.0 Å². The summed E-state index contributed by atoms with van der Waals surface area (Å²) in [6, 6.07) is 7.88. The van der Waals surface area contributed by atoms with Crippen molar-refractivity contribution in [3.05, 3.63) is 46.2 Å². The van der Waals surface area contributed by atoms with Crippen LogP contribution in [0.5, 0.6) is 0 Å². The molecule has 146 valence electrons. The van der Waals surface area contributed by atoms with Gasteiger partial charge in [-0.25, -0.2) is 12.7 Å². The average molecular weight is 410 g/mol. The predicted molar refractivity (Wildman–Crippen MR) is 106 cm³/mol. The Bertz CT molecular complexity index is 922. The van der Waals surface area contributed by atoms with Gasteiger partial charge in [-0.05, 0) is 36.1 Å². The van der Waals surface area contributed by atoms with Gasteiger partial charge in [0.2, 0.25) is 21.8 Å². The number of aryl methyl sites for hydroxylation is 1. The Morgan fingerprint density at radius 1 is 1.22 bits per heavy atom. The number of amides is 2. The van der Waals surface area contributed by atoms with E-state index in [0.29, 0.717) is 5.69 Å². The Kier molecular flexibility index (Phi) is 6.74. The molecular formula is C18H23N3O4S2. The zero-order valence-electron chi connectivity index (χ0n) is 15.6. The molecule has 0 aliphatic rings. The lowest BCUT2D eigenvalue weighted by Gasteiger charge is -2.18. The Morgan fingerprint density at radius 2 is 1.93 bits per heavy atom. The van der Waals surface area contributed by atoms with Crippen molar-refractivity contribution in [3.63, 3.8) is 0 Å². The summed E-state index contributed by atoms with van der Waals surface area (Å²) in [5.74, 6) is -0.541. The van der Waals surface area contributed by atoms with Crippen LogP contribution in [0.25, 0.3) is 0 Å². The molecule has 1 atom stereocenters. The minimum atomic E-state index is -3.60. The quantitative estimate of drug-likeness (QED) is 0.734. The summed E-state index contributed by atoms with van der Waals surface area (Å²) >= 11 is 1.45. The van der Waals surface area contributed by atoms with E-state index in [1.165, 1.54) is 44.5 Å². The number of thiophene rings is 1. The maximum Gasteiger partial charge on any atom is 0.242 e. The third-order valence-electron chi connectivity index (χ3n) is 3.92. The molecule has 2 amide bonds. The Hall–Kier alpha value is -2.23. The van der Waals surface area contributed by atoms with Crippen LogP contribution in [0.4, 0.5) is 5.69 Å². The van der Waals surface area contributed by atoms with E-state index < -0.39 is 16.1 Å². The van der Waals surface area contributed by atoms with Crippen LogP contribution in [-0.2, 0) is 19.6 Å². The van der Waals surface area contributed by atoms with Gasteiger partial charge in [0.1, 0.15) is 0 Å². The number of nitrogens with one attached hydrogen (secondary N) is 2. The van der Waals surface area contributed by atoms with Gasteiger partial charge in [-0.3, -0.25) is 9.59 Å². The van der Waals surface area contributed by atoms with Gasteiger partial charge in [0.15, 0.2) is 0 Å². The molecule has 0 aliphatic carbocycles. The van der Waals surface area contributed by atoms with Gasteiger partial charge < -0.3 is 10.6 Å². The lowest BCUT2D eigenvalue weighted by molar-refractivity contribution is -0.120. The van der Waals surface area contributed by atoms with Gasteiger partial charge in [0.05, 0.1) is 17.4 Å². The SMILES string of the molecule is CC(=O)NC(CC(=O)Nc1cc(S(=O)(=O)N(C)C)ccc1C)c1cccs1. The molecule has 0 aliphatic heterocycles. The molecule has 1 aromatic heterocycles. The number of anilines is 1. The number of benzene rings is 1. The molecule has 2 aromatic rings. The van der Waals surface area contributed by atoms with Gasteiger partial charge >= 0.3 is 0 Å². The Morgan fingerprint density at radius 3 is 2.48 bits per heavy atom. The van der Waals surface area contributed by atoms with Crippen LogP contribution >= 0.6 is 11.3 Å². The van der Waals surface area contributed by atoms with Gasteiger partial charge in [-0.2, -0.15) is 0 Å². The average Bonchev–Trinajstić information content (AvgIpc) is 3.10. The number of hydrogen-bond donors (Lipinski definition) is 2. The van der Waals surface area contributed by atoms with Crippen LogP contribution in [0, 0.1) is 6.92 Å². The lowest BCUT2D eigenvalue weighted by atomic mass is 10.1. The van der Waals surface area contributed by atoms with Gasteiger partial charge in [0, 0.05) is 31.6 Å². The number of carbonyl (C=O) groups excluding carboxylic acids is 2. The molecular weight excluding hydrogens is 386 g/mol. The molecule has 0 saturated heterocycles.